The summed E-state index contributed by atoms with van der Waals surface area (Å²) in [6.07, 6.45) is 0.726. The molecule has 0 bridgehead atoms. The van der Waals surface area contributed by atoms with Crippen molar-refractivity contribution in [3.63, 3.8) is 0 Å². The van der Waals surface area contributed by atoms with Crippen LogP contribution >= 0.6 is 0 Å². The minimum atomic E-state index is -0.238. The lowest BCUT2D eigenvalue weighted by atomic mass is 10.1. The molecule has 1 amide bonds. The zero-order chi connectivity index (χ0) is 20.2. The third kappa shape index (κ3) is 7.26. The van der Waals surface area contributed by atoms with Crippen LogP contribution in [0.1, 0.15) is 22.8 Å². The van der Waals surface area contributed by atoms with Crippen LogP contribution in [-0.4, -0.2) is 45.2 Å². The molecule has 0 aliphatic rings. The first-order valence-corrected chi connectivity index (χ1v) is 9.31. The standard InChI is InChI=1S/C21H27FN4O2/c1-3-23-21(25-12-11-16-7-9-18(22)10-8-16)26-14-13-24-20(27)17-5-4-6-19(15-17)28-2/h4-10,15H,3,11-14H2,1-2H3,(H,24,27)(H2,23,25,26). The third-order valence-corrected chi connectivity index (χ3v) is 3.96. The zero-order valence-electron chi connectivity index (χ0n) is 16.3. The van der Waals surface area contributed by atoms with Gasteiger partial charge in [-0.2, -0.15) is 0 Å². The molecule has 0 radical (unpaired) electrons. The minimum absolute atomic E-state index is 0.154. The van der Waals surface area contributed by atoms with E-state index in [4.69, 9.17) is 4.74 Å². The molecule has 7 heteroatoms. The van der Waals surface area contributed by atoms with Crippen LogP contribution in [-0.2, 0) is 6.42 Å². The Hall–Kier alpha value is -3.09. The Bertz CT molecular complexity index is 778. The molecular weight excluding hydrogens is 359 g/mol. The maximum Gasteiger partial charge on any atom is 0.251 e. The molecule has 0 heterocycles. The number of guanidine groups is 1. The third-order valence-electron chi connectivity index (χ3n) is 3.96. The summed E-state index contributed by atoms with van der Waals surface area (Å²) in [7, 11) is 1.57. The molecule has 150 valence electrons. The monoisotopic (exact) mass is 386 g/mol. The van der Waals surface area contributed by atoms with E-state index in [0.717, 1.165) is 18.5 Å². The summed E-state index contributed by atoms with van der Waals surface area (Å²) in [5.41, 5.74) is 1.59. The van der Waals surface area contributed by atoms with Gasteiger partial charge in [0.2, 0.25) is 0 Å². The number of carbonyl (C=O) groups excluding carboxylic acids is 1. The topological polar surface area (TPSA) is 74.8 Å². The number of methoxy groups -OCH3 is 1. The number of aliphatic imine (C=N–C) groups is 1. The van der Waals surface area contributed by atoms with Crippen molar-refractivity contribution in [3.8, 4) is 5.75 Å². The highest BCUT2D eigenvalue weighted by Gasteiger charge is 2.06. The van der Waals surface area contributed by atoms with Crippen LogP contribution in [0.3, 0.4) is 0 Å². The van der Waals surface area contributed by atoms with E-state index in [9.17, 15) is 9.18 Å². The number of rotatable bonds is 9. The van der Waals surface area contributed by atoms with Crippen molar-refractivity contribution in [1.29, 1.82) is 0 Å². The first-order valence-electron chi connectivity index (χ1n) is 9.31. The van der Waals surface area contributed by atoms with E-state index < -0.39 is 0 Å². The highest BCUT2D eigenvalue weighted by atomic mass is 19.1. The van der Waals surface area contributed by atoms with Crippen LogP contribution in [0.15, 0.2) is 53.5 Å². The first-order chi connectivity index (χ1) is 13.6. The summed E-state index contributed by atoms with van der Waals surface area (Å²) < 4.78 is 18.1. The number of carbonyl (C=O) groups is 1. The zero-order valence-corrected chi connectivity index (χ0v) is 16.3. The predicted molar refractivity (Wildman–Crippen MR) is 109 cm³/mol. The van der Waals surface area contributed by atoms with Crippen LogP contribution in [0.4, 0.5) is 4.39 Å². The molecule has 2 rings (SSSR count). The molecule has 0 aliphatic carbocycles. The van der Waals surface area contributed by atoms with Gasteiger partial charge in [0.1, 0.15) is 11.6 Å². The molecule has 0 atom stereocenters. The van der Waals surface area contributed by atoms with Crippen molar-refractivity contribution in [3.05, 3.63) is 65.5 Å². The SMILES string of the molecule is CCNC(=NCCc1ccc(F)cc1)NCCNC(=O)c1cccc(OC)c1. The van der Waals surface area contributed by atoms with Gasteiger partial charge in [0.25, 0.3) is 5.91 Å². The van der Waals surface area contributed by atoms with Gasteiger partial charge in [-0.25, -0.2) is 4.39 Å². The smallest absolute Gasteiger partial charge is 0.251 e. The Labute approximate surface area is 165 Å². The summed E-state index contributed by atoms with van der Waals surface area (Å²) in [4.78, 5) is 16.7. The van der Waals surface area contributed by atoms with E-state index in [2.05, 4.69) is 20.9 Å². The molecule has 0 unspecified atom stereocenters. The average molecular weight is 386 g/mol. The number of hydrogen-bond donors (Lipinski definition) is 3. The number of hydrogen-bond acceptors (Lipinski definition) is 3. The molecule has 2 aromatic rings. The maximum absolute atomic E-state index is 12.9. The lowest BCUT2D eigenvalue weighted by Gasteiger charge is -2.12. The van der Waals surface area contributed by atoms with Gasteiger partial charge in [0, 0.05) is 31.7 Å². The Kier molecular flexibility index (Phi) is 8.78. The van der Waals surface area contributed by atoms with E-state index >= 15 is 0 Å². The van der Waals surface area contributed by atoms with Crippen molar-refractivity contribution in [2.75, 3.05) is 33.3 Å². The molecule has 2 aromatic carbocycles. The number of benzene rings is 2. The molecule has 3 N–H and O–H groups in total. The average Bonchev–Trinajstić information content (AvgIpc) is 2.72. The Morgan fingerprint density at radius 1 is 1.07 bits per heavy atom. The fourth-order valence-electron chi connectivity index (χ4n) is 2.51. The van der Waals surface area contributed by atoms with Crippen LogP contribution in [0.5, 0.6) is 5.75 Å². The van der Waals surface area contributed by atoms with E-state index in [1.807, 2.05) is 6.92 Å². The second-order valence-corrected chi connectivity index (χ2v) is 6.05. The highest BCUT2D eigenvalue weighted by molar-refractivity contribution is 5.94. The van der Waals surface area contributed by atoms with Crippen molar-refractivity contribution < 1.29 is 13.9 Å². The number of amides is 1. The summed E-state index contributed by atoms with van der Waals surface area (Å²) in [5, 5.41) is 9.21. The van der Waals surface area contributed by atoms with Gasteiger partial charge in [-0.1, -0.05) is 18.2 Å². The minimum Gasteiger partial charge on any atom is -0.497 e. The summed E-state index contributed by atoms with van der Waals surface area (Å²) >= 11 is 0. The number of halogens is 1. The van der Waals surface area contributed by atoms with Gasteiger partial charge in [-0.3, -0.25) is 9.79 Å². The quantitative estimate of drug-likeness (QED) is 0.351. The van der Waals surface area contributed by atoms with Gasteiger partial charge in [0.05, 0.1) is 7.11 Å². The largest absolute Gasteiger partial charge is 0.497 e. The second kappa shape index (κ2) is 11.6. The summed E-state index contributed by atoms with van der Waals surface area (Å²) in [6, 6.07) is 13.4. The van der Waals surface area contributed by atoms with Crippen LogP contribution < -0.4 is 20.7 Å². The fourth-order valence-corrected chi connectivity index (χ4v) is 2.51. The van der Waals surface area contributed by atoms with Gasteiger partial charge in [0.15, 0.2) is 5.96 Å². The molecule has 0 aromatic heterocycles. The predicted octanol–water partition coefficient (Wildman–Crippen LogP) is 2.36. The molecule has 0 aliphatic heterocycles. The maximum atomic E-state index is 12.9. The van der Waals surface area contributed by atoms with Gasteiger partial charge in [-0.15, -0.1) is 0 Å². The molecule has 0 saturated carbocycles. The van der Waals surface area contributed by atoms with Gasteiger partial charge >= 0.3 is 0 Å². The van der Waals surface area contributed by atoms with Gasteiger partial charge < -0.3 is 20.7 Å². The summed E-state index contributed by atoms with van der Waals surface area (Å²) in [5.74, 6) is 0.936. The summed E-state index contributed by atoms with van der Waals surface area (Å²) in [6.45, 7) is 4.30. The molecule has 6 nitrogen and oxygen atoms in total. The lowest BCUT2D eigenvalue weighted by molar-refractivity contribution is 0.0954. The lowest BCUT2D eigenvalue weighted by Crippen LogP contribution is -2.41. The number of ether oxygens (including phenoxy) is 1. The molecule has 0 spiro atoms. The van der Waals surface area contributed by atoms with Crippen molar-refractivity contribution in [2.24, 2.45) is 4.99 Å². The fraction of sp³-hybridized carbons (Fsp3) is 0.333. The normalized spacial score (nSPS) is 11.0. The van der Waals surface area contributed by atoms with Crippen molar-refractivity contribution in [1.82, 2.24) is 16.0 Å². The Morgan fingerprint density at radius 2 is 1.82 bits per heavy atom. The Morgan fingerprint density at radius 3 is 2.54 bits per heavy atom. The van der Waals surface area contributed by atoms with E-state index in [0.29, 0.717) is 36.9 Å². The second-order valence-electron chi connectivity index (χ2n) is 6.05. The molecule has 0 saturated heterocycles. The molecular formula is C21H27FN4O2. The highest BCUT2D eigenvalue weighted by Crippen LogP contribution is 2.12. The first kappa shape index (κ1) is 21.2. The number of nitrogens with zero attached hydrogens (tertiary/aromatic N) is 1. The van der Waals surface area contributed by atoms with Crippen LogP contribution in [0.25, 0.3) is 0 Å². The van der Waals surface area contributed by atoms with Crippen LogP contribution in [0.2, 0.25) is 0 Å². The van der Waals surface area contributed by atoms with Crippen LogP contribution in [0, 0.1) is 5.82 Å². The van der Waals surface area contributed by atoms with E-state index in [-0.39, 0.29) is 11.7 Å². The van der Waals surface area contributed by atoms with E-state index in [1.54, 1.807) is 43.5 Å². The van der Waals surface area contributed by atoms with Crippen molar-refractivity contribution in [2.45, 2.75) is 13.3 Å². The van der Waals surface area contributed by atoms with Gasteiger partial charge in [-0.05, 0) is 49.2 Å². The van der Waals surface area contributed by atoms with Crippen molar-refractivity contribution >= 4 is 11.9 Å². The van der Waals surface area contributed by atoms with E-state index in [1.165, 1.54) is 12.1 Å². The molecule has 28 heavy (non-hydrogen) atoms. The Balaban J connectivity index is 1.75. The number of nitrogens with one attached hydrogen (secondary N) is 3. The molecule has 0 fully saturated rings.